The van der Waals surface area contributed by atoms with Crippen molar-refractivity contribution in [2.45, 2.75) is 25.9 Å². The summed E-state index contributed by atoms with van der Waals surface area (Å²) in [6.07, 6.45) is -0.336. The summed E-state index contributed by atoms with van der Waals surface area (Å²) in [6.45, 7) is 1.80. The van der Waals surface area contributed by atoms with E-state index in [0.29, 0.717) is 6.42 Å². The first-order valence-electron chi connectivity index (χ1n) is 2.57. The maximum absolute atomic E-state index is 9.73. The van der Waals surface area contributed by atoms with Crippen LogP contribution in [0.25, 0.3) is 0 Å². The number of carbonyl (C=O) groups is 1. The Morgan fingerprint density at radius 1 is 1.78 bits per heavy atom. The Morgan fingerprint density at radius 3 is 2.33 bits per heavy atom. The molecule has 0 spiro atoms. The van der Waals surface area contributed by atoms with Crippen LogP contribution in [-0.2, 0) is 4.79 Å². The van der Waals surface area contributed by atoms with Gasteiger partial charge in [0.15, 0.2) is 0 Å². The van der Waals surface area contributed by atoms with Crippen molar-refractivity contribution in [1.82, 2.24) is 0 Å². The molecule has 3 nitrogen and oxygen atoms in total. The molecule has 0 heterocycles. The average molecular weight is 140 g/mol. The van der Waals surface area contributed by atoms with Crippen LogP contribution in [0.2, 0.25) is 0 Å². The molecule has 48 valence electrons. The molecule has 0 aromatic heterocycles. The van der Waals surface area contributed by atoms with E-state index < -0.39 is 12.1 Å². The maximum Gasteiger partial charge on any atom is 1.00 e. The molecule has 9 heavy (non-hydrogen) atoms. The van der Waals surface area contributed by atoms with Crippen molar-refractivity contribution in [1.29, 1.82) is 0 Å². The van der Waals surface area contributed by atoms with Crippen molar-refractivity contribution in [3.8, 4) is 0 Å². The minimum absolute atomic E-state index is 0. The maximum atomic E-state index is 9.73. The number of hydrogen-bond acceptors (Lipinski definition) is 3. The molecule has 0 unspecified atom stereocenters. The van der Waals surface area contributed by atoms with E-state index in [1.165, 1.54) is 0 Å². The third-order valence-electron chi connectivity index (χ3n) is 0.834. The molecule has 0 aromatic rings. The van der Waals surface area contributed by atoms with Gasteiger partial charge in [0.2, 0.25) is 0 Å². The van der Waals surface area contributed by atoms with Crippen LogP contribution in [0, 0.1) is 0 Å². The molecular formula is C5H9NaO3. The van der Waals surface area contributed by atoms with E-state index in [2.05, 4.69) is 0 Å². The molecule has 0 amide bonds. The van der Waals surface area contributed by atoms with Gasteiger partial charge in [-0.3, -0.25) is 0 Å². The average Bonchev–Trinajstić information content (AvgIpc) is 1.67. The molecule has 0 saturated carbocycles. The molecule has 0 aliphatic rings. The Hall–Kier alpha value is 0.430. The molecule has 0 aliphatic heterocycles. The Kier molecular flexibility index (Phi) is 8.83. The van der Waals surface area contributed by atoms with Crippen molar-refractivity contribution in [2.75, 3.05) is 0 Å². The Bertz CT molecular complexity index is 84.3. The number of aliphatic hydroxyl groups excluding tert-OH is 1. The van der Waals surface area contributed by atoms with Crippen molar-refractivity contribution < 1.29 is 44.6 Å². The summed E-state index contributed by atoms with van der Waals surface area (Å²) >= 11 is 0. The molecule has 0 radical (unpaired) electrons. The summed E-state index contributed by atoms with van der Waals surface area (Å²) in [5, 5.41) is 18.2. The Balaban J connectivity index is 0. The number of carbonyl (C=O) groups excluding carboxylic acids is 1. The van der Waals surface area contributed by atoms with E-state index >= 15 is 0 Å². The number of rotatable bonds is 3. The monoisotopic (exact) mass is 140 g/mol. The van der Waals surface area contributed by atoms with Crippen LogP contribution in [0.15, 0.2) is 0 Å². The Morgan fingerprint density at radius 2 is 2.22 bits per heavy atom. The fraction of sp³-hybridized carbons (Fsp3) is 0.800. The summed E-state index contributed by atoms with van der Waals surface area (Å²) < 4.78 is 0. The third kappa shape index (κ3) is 6.31. The van der Waals surface area contributed by atoms with Gasteiger partial charge in [0, 0.05) is 0 Å². The molecule has 0 aliphatic carbocycles. The van der Waals surface area contributed by atoms with Gasteiger partial charge < -0.3 is 15.0 Å². The fourth-order valence-corrected chi connectivity index (χ4v) is 0.391. The van der Waals surface area contributed by atoms with Gasteiger partial charge in [-0.15, -0.1) is 0 Å². The van der Waals surface area contributed by atoms with Crippen molar-refractivity contribution in [3.63, 3.8) is 0 Å². The van der Waals surface area contributed by atoms with Crippen LogP contribution in [0.3, 0.4) is 0 Å². The third-order valence-corrected chi connectivity index (χ3v) is 0.834. The molecule has 0 rings (SSSR count). The predicted molar refractivity (Wildman–Crippen MR) is 25.9 cm³/mol. The number of carboxylic acid groups (broad SMARTS) is 1. The minimum atomic E-state index is -1.38. The first-order chi connectivity index (χ1) is 3.68. The van der Waals surface area contributed by atoms with Crippen LogP contribution in [0.1, 0.15) is 19.8 Å². The number of aliphatic carboxylic acids is 1. The Labute approximate surface area is 76.4 Å². The second-order valence-electron chi connectivity index (χ2n) is 1.62. The molecule has 1 atom stereocenters. The summed E-state index contributed by atoms with van der Waals surface area (Å²) in [4.78, 5) is 9.73. The van der Waals surface area contributed by atoms with E-state index in [4.69, 9.17) is 5.11 Å². The molecule has 0 saturated heterocycles. The van der Waals surface area contributed by atoms with E-state index in [-0.39, 0.29) is 36.0 Å². The van der Waals surface area contributed by atoms with Gasteiger partial charge in [0.1, 0.15) is 0 Å². The van der Waals surface area contributed by atoms with Gasteiger partial charge in [0.05, 0.1) is 12.1 Å². The summed E-state index contributed by atoms with van der Waals surface area (Å²) in [5.74, 6) is -1.38. The molecule has 0 aromatic carbocycles. The zero-order chi connectivity index (χ0) is 6.57. The van der Waals surface area contributed by atoms with Gasteiger partial charge in [-0.1, -0.05) is 13.3 Å². The standard InChI is InChI=1S/C5H10O3.Na/c1-2-3-4(6)5(7)8;/h4,6H,2-3H2,1H3,(H,7,8);/q;+1/p-1/t4-;/m0./s1. The quantitative estimate of drug-likeness (QED) is 0.405. The van der Waals surface area contributed by atoms with Crippen LogP contribution < -0.4 is 34.7 Å². The topological polar surface area (TPSA) is 60.4 Å². The van der Waals surface area contributed by atoms with E-state index in [9.17, 15) is 9.90 Å². The number of hydrogen-bond donors (Lipinski definition) is 1. The smallest absolute Gasteiger partial charge is 0.547 e. The largest absolute Gasteiger partial charge is 1.00 e. The zero-order valence-electron chi connectivity index (χ0n) is 5.76. The van der Waals surface area contributed by atoms with Gasteiger partial charge in [0.25, 0.3) is 0 Å². The van der Waals surface area contributed by atoms with Crippen molar-refractivity contribution in [3.05, 3.63) is 0 Å². The van der Waals surface area contributed by atoms with Gasteiger partial charge >= 0.3 is 29.6 Å². The van der Waals surface area contributed by atoms with E-state index in [1.54, 1.807) is 6.92 Å². The second kappa shape index (κ2) is 6.55. The van der Waals surface area contributed by atoms with Gasteiger partial charge in [-0.2, -0.15) is 0 Å². The number of aliphatic hydroxyl groups is 1. The number of carboxylic acids is 1. The van der Waals surface area contributed by atoms with Crippen molar-refractivity contribution in [2.24, 2.45) is 0 Å². The van der Waals surface area contributed by atoms with Gasteiger partial charge in [-0.05, 0) is 6.42 Å². The van der Waals surface area contributed by atoms with Crippen LogP contribution in [0.4, 0.5) is 0 Å². The summed E-state index contributed by atoms with van der Waals surface area (Å²) in [7, 11) is 0. The van der Waals surface area contributed by atoms with E-state index in [0.717, 1.165) is 0 Å². The SMILES string of the molecule is CCC[C@H](O)C(=O)[O-].[Na+]. The first kappa shape index (κ1) is 12.1. The predicted octanol–water partition coefficient (Wildman–Crippen LogP) is -4.10. The zero-order valence-corrected chi connectivity index (χ0v) is 7.76. The molecule has 1 N–H and O–H groups in total. The van der Waals surface area contributed by atoms with Crippen LogP contribution in [0.5, 0.6) is 0 Å². The minimum Gasteiger partial charge on any atom is -0.547 e. The summed E-state index contributed by atoms with van der Waals surface area (Å²) in [5.41, 5.74) is 0. The molecular weight excluding hydrogens is 131 g/mol. The fourth-order valence-electron chi connectivity index (χ4n) is 0.391. The van der Waals surface area contributed by atoms with Crippen LogP contribution >= 0.6 is 0 Å². The van der Waals surface area contributed by atoms with Crippen molar-refractivity contribution >= 4 is 5.97 Å². The summed E-state index contributed by atoms with van der Waals surface area (Å²) in [6, 6.07) is 0. The first-order valence-corrected chi connectivity index (χ1v) is 2.57. The second-order valence-corrected chi connectivity index (χ2v) is 1.62. The van der Waals surface area contributed by atoms with E-state index in [1.807, 2.05) is 0 Å². The normalized spacial score (nSPS) is 11.8. The molecule has 0 fully saturated rings. The van der Waals surface area contributed by atoms with Gasteiger partial charge in [-0.25, -0.2) is 0 Å². The molecule has 0 bridgehead atoms. The van der Waals surface area contributed by atoms with Crippen LogP contribution in [-0.4, -0.2) is 17.2 Å². The molecule has 4 heteroatoms.